The zero-order valence-corrected chi connectivity index (χ0v) is 12.5. The van der Waals surface area contributed by atoms with Crippen LogP contribution in [0, 0.1) is 6.92 Å². The summed E-state index contributed by atoms with van der Waals surface area (Å²) in [6, 6.07) is 7.67. The van der Waals surface area contributed by atoms with Gasteiger partial charge in [0.2, 0.25) is 0 Å². The Bertz CT molecular complexity index is 780. The van der Waals surface area contributed by atoms with Gasteiger partial charge in [-0.15, -0.1) is 11.3 Å². The Kier molecular flexibility index (Phi) is 3.79. The second kappa shape index (κ2) is 5.88. The van der Waals surface area contributed by atoms with Crippen LogP contribution in [0.25, 0.3) is 10.2 Å². The van der Waals surface area contributed by atoms with Gasteiger partial charge in [0.1, 0.15) is 12.1 Å². The molecule has 0 unspecified atom stereocenters. The number of fused-ring (bicyclic) bond motifs is 1. The lowest BCUT2D eigenvalue weighted by Crippen LogP contribution is -1.94. The van der Waals surface area contributed by atoms with Gasteiger partial charge in [-0.2, -0.15) is 5.10 Å². The summed E-state index contributed by atoms with van der Waals surface area (Å²) < 4.78 is 6.13. The number of aromatic nitrogens is 2. The lowest BCUT2D eigenvalue weighted by atomic mass is 10.2. The molecule has 3 rings (SSSR count). The molecule has 0 aliphatic heterocycles. The van der Waals surface area contributed by atoms with Crippen LogP contribution in [0.3, 0.4) is 0 Å². The first kappa shape index (κ1) is 13.5. The number of anilines is 1. The van der Waals surface area contributed by atoms with Crippen LogP contribution in [0.15, 0.2) is 41.1 Å². The third-order valence-electron chi connectivity index (χ3n) is 3.03. The van der Waals surface area contributed by atoms with Gasteiger partial charge in [-0.1, -0.05) is 0 Å². The summed E-state index contributed by atoms with van der Waals surface area (Å²) in [5, 5.41) is 6.29. The molecule has 0 fully saturated rings. The molecule has 3 aromatic rings. The Balaban J connectivity index is 1.77. The fourth-order valence-electron chi connectivity index (χ4n) is 1.91. The Hall–Kier alpha value is -2.47. The first-order chi connectivity index (χ1) is 10.3. The van der Waals surface area contributed by atoms with E-state index in [4.69, 9.17) is 4.74 Å². The maximum absolute atomic E-state index is 5.12. The summed E-state index contributed by atoms with van der Waals surface area (Å²) in [6.45, 7) is 2.04. The van der Waals surface area contributed by atoms with E-state index in [-0.39, 0.29) is 0 Å². The van der Waals surface area contributed by atoms with E-state index in [1.54, 1.807) is 31.0 Å². The van der Waals surface area contributed by atoms with Gasteiger partial charge in [-0.25, -0.2) is 9.97 Å². The predicted octanol–water partition coefficient (Wildman–Crippen LogP) is 3.45. The maximum Gasteiger partial charge on any atom is 0.167 e. The van der Waals surface area contributed by atoms with E-state index in [0.717, 1.165) is 32.9 Å². The minimum atomic E-state index is 0.725. The molecule has 0 aliphatic carbocycles. The highest BCUT2D eigenvalue weighted by molar-refractivity contribution is 7.18. The van der Waals surface area contributed by atoms with Gasteiger partial charge >= 0.3 is 0 Å². The van der Waals surface area contributed by atoms with E-state index in [1.165, 1.54) is 0 Å². The van der Waals surface area contributed by atoms with Crippen molar-refractivity contribution in [2.75, 3.05) is 12.5 Å². The number of hydrogen-bond donors (Lipinski definition) is 1. The molecule has 0 amide bonds. The molecule has 0 bridgehead atoms. The number of hydrazone groups is 1. The van der Waals surface area contributed by atoms with Gasteiger partial charge in [-0.3, -0.25) is 5.43 Å². The van der Waals surface area contributed by atoms with Gasteiger partial charge in [0, 0.05) is 0 Å². The second-order valence-electron chi connectivity index (χ2n) is 4.46. The molecule has 2 aromatic heterocycles. The van der Waals surface area contributed by atoms with Crippen molar-refractivity contribution >= 4 is 33.6 Å². The number of thiophene rings is 1. The Morgan fingerprint density at radius 2 is 2.05 bits per heavy atom. The third-order valence-corrected chi connectivity index (χ3v) is 4.12. The summed E-state index contributed by atoms with van der Waals surface area (Å²) in [6.07, 6.45) is 3.29. The fourth-order valence-corrected chi connectivity index (χ4v) is 2.85. The molecular formula is C15H14N4OS. The van der Waals surface area contributed by atoms with Gasteiger partial charge < -0.3 is 4.74 Å². The summed E-state index contributed by atoms with van der Waals surface area (Å²) >= 11 is 1.61. The van der Waals surface area contributed by atoms with E-state index >= 15 is 0 Å². The van der Waals surface area contributed by atoms with Crippen LogP contribution in [0.5, 0.6) is 5.75 Å². The Labute approximate surface area is 126 Å². The summed E-state index contributed by atoms with van der Waals surface area (Å²) in [4.78, 5) is 8.51. The van der Waals surface area contributed by atoms with Crippen molar-refractivity contribution in [2.45, 2.75) is 6.92 Å². The van der Waals surface area contributed by atoms with Crippen LogP contribution in [0.4, 0.5) is 5.82 Å². The zero-order valence-electron chi connectivity index (χ0n) is 11.7. The molecule has 0 atom stereocenters. The number of nitrogens with one attached hydrogen (secondary N) is 1. The van der Waals surface area contributed by atoms with Crippen LogP contribution in [0.1, 0.15) is 11.1 Å². The van der Waals surface area contributed by atoms with Gasteiger partial charge in [0.25, 0.3) is 0 Å². The fraction of sp³-hybridized carbons (Fsp3) is 0.133. The molecular weight excluding hydrogens is 284 g/mol. The van der Waals surface area contributed by atoms with Crippen molar-refractivity contribution < 1.29 is 4.74 Å². The number of hydrogen-bond acceptors (Lipinski definition) is 6. The highest BCUT2D eigenvalue weighted by atomic mass is 32.1. The first-order valence-corrected chi connectivity index (χ1v) is 7.28. The molecule has 6 heteroatoms. The number of rotatable bonds is 4. The van der Waals surface area contributed by atoms with E-state index in [2.05, 4.69) is 25.9 Å². The van der Waals surface area contributed by atoms with Gasteiger partial charge in [-0.05, 0) is 47.7 Å². The number of benzene rings is 1. The first-order valence-electron chi connectivity index (χ1n) is 6.40. The van der Waals surface area contributed by atoms with Crippen LogP contribution in [0.2, 0.25) is 0 Å². The minimum Gasteiger partial charge on any atom is -0.497 e. The maximum atomic E-state index is 5.12. The van der Waals surface area contributed by atoms with Crippen molar-refractivity contribution in [1.82, 2.24) is 9.97 Å². The normalized spacial score (nSPS) is 11.1. The monoisotopic (exact) mass is 298 g/mol. The van der Waals surface area contributed by atoms with Crippen molar-refractivity contribution in [2.24, 2.45) is 5.10 Å². The lowest BCUT2D eigenvalue weighted by Gasteiger charge is -2.01. The standard InChI is InChI=1S/C15H14N4OS/c1-10-8-21-14-13(10)16-9-17-15(14)19-18-7-11-3-5-12(20-2)6-4-11/h3-9H,1-2H3,(H,16,17,19)/b18-7+. The lowest BCUT2D eigenvalue weighted by molar-refractivity contribution is 0.415. The highest BCUT2D eigenvalue weighted by Gasteiger charge is 2.06. The average molecular weight is 298 g/mol. The van der Waals surface area contributed by atoms with Gasteiger partial charge in [0.05, 0.1) is 23.5 Å². The van der Waals surface area contributed by atoms with Gasteiger partial charge in [0.15, 0.2) is 5.82 Å². The number of nitrogens with zero attached hydrogens (tertiary/aromatic N) is 3. The quantitative estimate of drug-likeness (QED) is 0.592. The van der Waals surface area contributed by atoms with Crippen molar-refractivity contribution in [3.63, 3.8) is 0 Å². The Morgan fingerprint density at radius 3 is 2.81 bits per heavy atom. The topological polar surface area (TPSA) is 59.4 Å². The average Bonchev–Trinajstić information content (AvgIpc) is 2.91. The van der Waals surface area contributed by atoms with Crippen molar-refractivity contribution in [3.05, 3.63) is 47.1 Å². The SMILES string of the molecule is COc1ccc(/C=N/Nc2ncnc3c(C)csc23)cc1. The number of ether oxygens (including phenoxy) is 1. The molecule has 5 nitrogen and oxygen atoms in total. The molecule has 1 aromatic carbocycles. The Morgan fingerprint density at radius 1 is 1.24 bits per heavy atom. The van der Waals surface area contributed by atoms with Crippen LogP contribution in [-0.4, -0.2) is 23.3 Å². The minimum absolute atomic E-state index is 0.725. The largest absolute Gasteiger partial charge is 0.497 e. The zero-order chi connectivity index (χ0) is 14.7. The second-order valence-corrected chi connectivity index (χ2v) is 5.34. The number of aryl methyl sites for hydroxylation is 1. The molecule has 2 heterocycles. The van der Waals surface area contributed by atoms with Crippen molar-refractivity contribution in [1.29, 1.82) is 0 Å². The molecule has 1 N–H and O–H groups in total. The summed E-state index contributed by atoms with van der Waals surface area (Å²) in [5.41, 5.74) is 6.08. The molecule has 0 radical (unpaired) electrons. The molecule has 106 valence electrons. The molecule has 0 aliphatic rings. The number of methoxy groups -OCH3 is 1. The van der Waals surface area contributed by atoms with Crippen molar-refractivity contribution in [3.8, 4) is 5.75 Å². The summed E-state index contributed by atoms with van der Waals surface area (Å²) in [5.74, 6) is 1.55. The smallest absolute Gasteiger partial charge is 0.167 e. The van der Waals surface area contributed by atoms with Crippen LogP contribution >= 0.6 is 11.3 Å². The van der Waals surface area contributed by atoms with E-state index in [9.17, 15) is 0 Å². The summed E-state index contributed by atoms with van der Waals surface area (Å²) in [7, 11) is 1.65. The third kappa shape index (κ3) is 2.85. The molecule has 0 saturated carbocycles. The van der Waals surface area contributed by atoms with E-state index in [0.29, 0.717) is 0 Å². The predicted molar refractivity (Wildman–Crippen MR) is 86.4 cm³/mol. The van der Waals surface area contributed by atoms with Crippen LogP contribution < -0.4 is 10.2 Å². The highest BCUT2D eigenvalue weighted by Crippen LogP contribution is 2.28. The van der Waals surface area contributed by atoms with E-state index < -0.39 is 0 Å². The molecule has 0 saturated heterocycles. The van der Waals surface area contributed by atoms with E-state index in [1.807, 2.05) is 31.2 Å². The molecule has 21 heavy (non-hydrogen) atoms. The van der Waals surface area contributed by atoms with Crippen LogP contribution in [-0.2, 0) is 0 Å². The molecule has 0 spiro atoms.